The van der Waals surface area contributed by atoms with Crippen molar-refractivity contribution in [2.24, 2.45) is 10.9 Å². The monoisotopic (exact) mass is 794 g/mol. The maximum atomic E-state index is 5.89. The highest BCUT2D eigenvalue weighted by atomic mass is 15.4. The molecule has 0 N–H and O–H groups in total. The Labute approximate surface area is 362 Å². The van der Waals surface area contributed by atoms with Gasteiger partial charge in [0.2, 0.25) is 5.69 Å². The van der Waals surface area contributed by atoms with Gasteiger partial charge < -0.3 is 4.90 Å². The molecule has 4 heterocycles. The number of aliphatic imine (C=N–C) groups is 1. The van der Waals surface area contributed by atoms with Gasteiger partial charge >= 0.3 is 0 Å². The quantitative estimate of drug-likeness (QED) is 0.0999. The number of benzene rings is 5. The van der Waals surface area contributed by atoms with Crippen molar-refractivity contribution in [1.82, 2.24) is 4.90 Å². The van der Waals surface area contributed by atoms with Crippen LogP contribution in [0.3, 0.4) is 0 Å². The van der Waals surface area contributed by atoms with E-state index in [9.17, 15) is 0 Å². The summed E-state index contributed by atoms with van der Waals surface area (Å²) in [5.41, 5.74) is 18.9. The Kier molecular flexibility index (Phi) is 9.40. The zero-order valence-corrected chi connectivity index (χ0v) is 36.1. The zero-order valence-electron chi connectivity index (χ0n) is 36.1. The van der Waals surface area contributed by atoms with Gasteiger partial charge in [-0.25, -0.2) is 0 Å². The fourth-order valence-corrected chi connectivity index (χ4v) is 12.0. The first-order valence-corrected chi connectivity index (χ1v) is 22.8. The first-order valence-electron chi connectivity index (χ1n) is 22.8. The van der Waals surface area contributed by atoms with Crippen LogP contribution in [0, 0.1) is 19.8 Å². The van der Waals surface area contributed by atoms with Crippen LogP contribution >= 0.6 is 0 Å². The summed E-state index contributed by atoms with van der Waals surface area (Å²) in [6.07, 6.45) is 17.2. The first kappa shape index (κ1) is 37.9. The highest BCUT2D eigenvalue weighted by Crippen LogP contribution is 2.72. The molecule has 0 saturated heterocycles. The largest absolute Gasteiger partial charge is 0.333 e. The van der Waals surface area contributed by atoms with Crippen LogP contribution in [0.4, 0.5) is 0 Å². The average Bonchev–Trinajstić information content (AvgIpc) is 3.95. The average molecular weight is 795 g/mol. The Bertz CT molecular complexity index is 2770. The van der Waals surface area contributed by atoms with Gasteiger partial charge in [0, 0.05) is 18.1 Å². The molecule has 1 saturated carbocycles. The molecule has 302 valence electrons. The summed E-state index contributed by atoms with van der Waals surface area (Å²) in [5, 5.41) is 0. The van der Waals surface area contributed by atoms with Crippen molar-refractivity contribution in [2.45, 2.75) is 95.8 Å². The van der Waals surface area contributed by atoms with Gasteiger partial charge in [0.15, 0.2) is 12.2 Å². The van der Waals surface area contributed by atoms with E-state index in [1.807, 2.05) is 0 Å². The zero-order chi connectivity index (χ0) is 41.2. The Balaban J connectivity index is 0.936. The molecule has 0 amide bonds. The number of hydrogen-bond acceptors (Lipinski definition) is 2. The van der Waals surface area contributed by atoms with Gasteiger partial charge in [-0.15, -0.1) is 0 Å². The van der Waals surface area contributed by atoms with E-state index >= 15 is 0 Å². The Morgan fingerprint density at radius 1 is 0.639 bits per heavy atom. The lowest BCUT2D eigenvalue weighted by Gasteiger charge is -2.46. The lowest BCUT2D eigenvalue weighted by atomic mass is 9.77. The number of amidine groups is 1. The molecule has 61 heavy (non-hydrogen) atoms. The summed E-state index contributed by atoms with van der Waals surface area (Å²) >= 11 is 0. The van der Waals surface area contributed by atoms with Crippen molar-refractivity contribution in [3.63, 3.8) is 0 Å². The maximum Gasteiger partial charge on any atom is 0.213 e. The summed E-state index contributed by atoms with van der Waals surface area (Å²) < 4.78 is 2.62. The molecule has 5 unspecified atom stereocenters. The van der Waals surface area contributed by atoms with Crippen LogP contribution in [0.25, 0.3) is 28.0 Å². The van der Waals surface area contributed by atoms with Gasteiger partial charge in [0.25, 0.3) is 0 Å². The number of rotatable bonds is 10. The topological polar surface area (TPSA) is 19.5 Å². The van der Waals surface area contributed by atoms with Crippen LogP contribution in [-0.2, 0) is 12.8 Å². The number of unbranched alkanes of at least 4 members (excludes halogenated alkanes) is 3. The highest BCUT2D eigenvalue weighted by Gasteiger charge is 2.82. The van der Waals surface area contributed by atoms with Gasteiger partial charge in [-0.05, 0) is 132 Å². The molecule has 6 atom stereocenters. The van der Waals surface area contributed by atoms with E-state index in [2.05, 4.69) is 201 Å². The molecule has 3 aliphatic heterocycles. The van der Waals surface area contributed by atoms with Crippen LogP contribution in [0.5, 0.6) is 0 Å². The predicted molar refractivity (Wildman–Crippen MR) is 251 cm³/mol. The summed E-state index contributed by atoms with van der Waals surface area (Å²) in [5.74, 6) is 1.69. The second kappa shape index (κ2) is 15.1. The second-order valence-electron chi connectivity index (χ2n) is 18.4. The number of nitrogens with zero attached hydrogens (tertiary/aromatic N) is 3. The molecule has 6 aromatic rings. The molecule has 2 aliphatic carbocycles. The summed E-state index contributed by atoms with van der Waals surface area (Å²) in [4.78, 5) is 8.69. The van der Waals surface area contributed by atoms with Crippen molar-refractivity contribution < 1.29 is 4.57 Å². The van der Waals surface area contributed by atoms with E-state index in [0.717, 1.165) is 6.42 Å². The molecular formula is C58H56N3+. The smallest absolute Gasteiger partial charge is 0.213 e. The maximum absolute atomic E-state index is 5.89. The minimum atomic E-state index is -0.200. The van der Waals surface area contributed by atoms with Crippen LogP contribution in [-0.4, -0.2) is 22.3 Å². The Morgan fingerprint density at radius 2 is 1.31 bits per heavy atom. The van der Waals surface area contributed by atoms with Crippen molar-refractivity contribution in [3.05, 3.63) is 214 Å². The standard InChI is InChI=1S/C58H56N3/c1-38-19-17-20-39(2)53(38)55-50-37-46(44-26-13-8-14-27-44)31-33-52(50)61-57(59-55)40(3)41(4)58(61)54-48-32-30-47(36-49(48)51-29-15-16-34-60(51)56(54)58)45-28-18-25-43(35-45)24-10-6-5-9-21-42-22-11-7-12-23-42/h7-8,11-20,22-23,25-37,50,52,54-56H,5-6,9-10,21,24H2,1-4H3/q+1/t50?,52?,54?,55?,56-,58?/m0/s1. The lowest BCUT2D eigenvalue weighted by Crippen LogP contribution is -2.55. The van der Waals surface area contributed by atoms with E-state index in [0.29, 0.717) is 5.92 Å². The molecule has 11 rings (SSSR count). The van der Waals surface area contributed by atoms with Crippen molar-refractivity contribution in [3.8, 4) is 22.4 Å². The van der Waals surface area contributed by atoms with Gasteiger partial charge in [-0.3, -0.25) is 4.99 Å². The Morgan fingerprint density at radius 3 is 2.10 bits per heavy atom. The molecule has 3 nitrogen and oxygen atoms in total. The molecule has 0 radical (unpaired) electrons. The first-order chi connectivity index (χ1) is 29.9. The van der Waals surface area contributed by atoms with Gasteiger partial charge in [0.1, 0.15) is 11.4 Å². The minimum Gasteiger partial charge on any atom is -0.333 e. The fraction of sp³-hybridized carbons (Fsp3) is 0.276. The second-order valence-corrected chi connectivity index (χ2v) is 18.4. The molecule has 1 spiro atoms. The number of aryl methyl sites for hydroxylation is 4. The van der Waals surface area contributed by atoms with Gasteiger partial charge in [-0.2, -0.15) is 4.57 Å². The van der Waals surface area contributed by atoms with Crippen LogP contribution in [0.2, 0.25) is 0 Å². The van der Waals surface area contributed by atoms with Gasteiger partial charge in [-0.1, -0.05) is 146 Å². The Hall–Kier alpha value is -6.06. The van der Waals surface area contributed by atoms with Crippen molar-refractivity contribution in [1.29, 1.82) is 0 Å². The highest BCUT2D eigenvalue weighted by molar-refractivity contribution is 6.05. The molecule has 1 aromatic heterocycles. The van der Waals surface area contributed by atoms with E-state index in [4.69, 9.17) is 4.99 Å². The number of hydrogen-bond donors (Lipinski definition) is 0. The number of pyridine rings is 1. The predicted octanol–water partition coefficient (Wildman–Crippen LogP) is 13.1. The molecule has 3 heteroatoms. The number of allylic oxidation sites excluding steroid dienone is 2. The lowest BCUT2D eigenvalue weighted by molar-refractivity contribution is -0.696. The van der Waals surface area contributed by atoms with E-state index < -0.39 is 0 Å². The fourth-order valence-electron chi connectivity index (χ4n) is 12.0. The van der Waals surface area contributed by atoms with Crippen LogP contribution in [0.15, 0.2) is 180 Å². The third-order valence-electron chi connectivity index (χ3n) is 15.0. The van der Waals surface area contributed by atoms with E-state index in [-0.39, 0.29) is 29.6 Å². The third-order valence-corrected chi connectivity index (χ3v) is 15.0. The normalized spacial score (nSPS) is 24.1. The number of aromatic nitrogens is 1. The van der Waals surface area contributed by atoms with E-state index in [1.165, 1.54) is 116 Å². The van der Waals surface area contributed by atoms with Crippen LogP contribution in [0.1, 0.15) is 96.5 Å². The van der Waals surface area contributed by atoms with Gasteiger partial charge in [0.05, 0.1) is 23.6 Å². The minimum absolute atomic E-state index is 0.0324. The molecule has 0 bridgehead atoms. The van der Waals surface area contributed by atoms with Crippen LogP contribution < -0.4 is 4.57 Å². The summed E-state index contributed by atoms with van der Waals surface area (Å²) in [6.45, 7) is 9.31. The molecule has 5 aliphatic rings. The molecule has 1 fully saturated rings. The molecule has 5 aromatic carbocycles. The molecular weight excluding hydrogens is 739 g/mol. The summed E-state index contributed by atoms with van der Waals surface area (Å²) in [6, 6.07) is 52.6. The number of fused-ring (bicyclic) bond motifs is 12. The van der Waals surface area contributed by atoms with E-state index in [1.54, 1.807) is 0 Å². The third kappa shape index (κ3) is 6.14. The summed E-state index contributed by atoms with van der Waals surface area (Å²) in [7, 11) is 0. The van der Waals surface area contributed by atoms with Crippen molar-refractivity contribution in [2.75, 3.05) is 0 Å². The van der Waals surface area contributed by atoms with Crippen molar-refractivity contribution >= 4 is 11.4 Å². The SMILES string of the molecule is CC1=C(C)C2(C3c4ccc(-c5cccc(CCCCCCc6ccccc6)c5)cc4-c4cccc[n+]4[C@@H]32)N2C1=NC(c1c(C)cccc1C)C1C=C(c3ccccc3)C=CC12.